The molecular formula is C14H14S2. The topological polar surface area (TPSA) is 0 Å². The Balaban J connectivity index is 2.40. The van der Waals surface area contributed by atoms with E-state index in [1.807, 2.05) is 22.7 Å². The Morgan fingerprint density at radius 1 is 0.938 bits per heavy atom. The highest BCUT2D eigenvalue weighted by Crippen LogP contribution is 2.39. The van der Waals surface area contributed by atoms with Gasteiger partial charge in [0.25, 0.3) is 0 Å². The van der Waals surface area contributed by atoms with Gasteiger partial charge in [-0.3, -0.25) is 0 Å². The zero-order valence-corrected chi connectivity index (χ0v) is 11.3. The third-order valence-corrected chi connectivity index (χ3v) is 5.56. The van der Waals surface area contributed by atoms with E-state index in [4.69, 9.17) is 0 Å². The normalized spacial score (nSPS) is 12.0. The Kier molecular flexibility index (Phi) is 2.30. The van der Waals surface area contributed by atoms with E-state index >= 15 is 0 Å². The fourth-order valence-electron chi connectivity index (χ4n) is 2.03. The molecule has 0 atom stereocenters. The van der Waals surface area contributed by atoms with E-state index in [9.17, 15) is 0 Å². The average molecular weight is 246 g/mol. The number of rotatable bonds is 1. The molecule has 0 aliphatic heterocycles. The molecule has 82 valence electrons. The first-order valence-corrected chi connectivity index (χ1v) is 7.21. The second-order valence-corrected chi connectivity index (χ2v) is 6.90. The lowest BCUT2D eigenvalue weighted by Crippen LogP contribution is -1.77. The number of fused-ring (bicyclic) bond motifs is 3. The standard InChI is InChI=1S/C14H14S2/c1-8(2)12-7-11-5-4-10-6-9(3)15-13(10)14(11)16-12/h4-8H,1-3H3. The fraction of sp³-hybridized carbons (Fsp3) is 0.286. The van der Waals surface area contributed by atoms with Gasteiger partial charge in [0, 0.05) is 9.75 Å². The Morgan fingerprint density at radius 3 is 2.25 bits per heavy atom. The quantitative estimate of drug-likeness (QED) is 0.528. The van der Waals surface area contributed by atoms with Crippen LogP contribution in [0.1, 0.15) is 29.5 Å². The summed E-state index contributed by atoms with van der Waals surface area (Å²) in [7, 11) is 0. The molecular weight excluding hydrogens is 232 g/mol. The fourth-order valence-corrected chi connectivity index (χ4v) is 4.35. The van der Waals surface area contributed by atoms with Crippen molar-refractivity contribution in [3.8, 4) is 0 Å². The van der Waals surface area contributed by atoms with Gasteiger partial charge in [-0.25, -0.2) is 0 Å². The van der Waals surface area contributed by atoms with Crippen LogP contribution < -0.4 is 0 Å². The molecule has 0 aliphatic carbocycles. The molecule has 2 heteroatoms. The van der Waals surface area contributed by atoms with Gasteiger partial charge in [-0.05, 0) is 35.7 Å². The van der Waals surface area contributed by atoms with Crippen LogP contribution in [0.5, 0.6) is 0 Å². The second kappa shape index (κ2) is 3.57. The number of hydrogen-bond acceptors (Lipinski definition) is 2. The molecule has 0 bridgehead atoms. The molecule has 2 heterocycles. The Bertz CT molecular complexity index is 656. The summed E-state index contributed by atoms with van der Waals surface area (Å²) in [5.74, 6) is 0.633. The first kappa shape index (κ1) is 10.3. The Hall–Kier alpha value is -0.860. The highest BCUT2D eigenvalue weighted by molar-refractivity contribution is 7.27. The minimum atomic E-state index is 0.633. The number of hydrogen-bond donors (Lipinski definition) is 0. The third kappa shape index (κ3) is 1.48. The molecule has 3 rings (SSSR count). The van der Waals surface area contributed by atoms with Gasteiger partial charge in [-0.15, -0.1) is 22.7 Å². The first-order valence-electron chi connectivity index (χ1n) is 5.58. The van der Waals surface area contributed by atoms with Crippen LogP contribution in [0.15, 0.2) is 24.3 Å². The van der Waals surface area contributed by atoms with Crippen LogP contribution in [-0.2, 0) is 0 Å². The molecule has 0 fully saturated rings. The first-order chi connectivity index (χ1) is 7.65. The molecule has 0 nitrogen and oxygen atoms in total. The summed E-state index contributed by atoms with van der Waals surface area (Å²) in [5, 5.41) is 2.80. The van der Waals surface area contributed by atoms with E-state index in [1.54, 1.807) is 0 Å². The third-order valence-electron chi connectivity index (χ3n) is 2.88. The SMILES string of the molecule is Cc1cc2ccc3cc(C(C)C)sc3c2s1. The molecule has 0 radical (unpaired) electrons. The van der Waals surface area contributed by atoms with Gasteiger partial charge < -0.3 is 0 Å². The van der Waals surface area contributed by atoms with E-state index in [2.05, 4.69) is 45.0 Å². The molecule has 0 spiro atoms. The molecule has 0 N–H and O–H groups in total. The molecule has 0 unspecified atom stereocenters. The van der Waals surface area contributed by atoms with Gasteiger partial charge in [-0.2, -0.15) is 0 Å². The van der Waals surface area contributed by atoms with Crippen LogP contribution in [0, 0.1) is 6.92 Å². The summed E-state index contributed by atoms with van der Waals surface area (Å²) < 4.78 is 2.94. The summed E-state index contributed by atoms with van der Waals surface area (Å²) in [6.45, 7) is 6.72. The van der Waals surface area contributed by atoms with Gasteiger partial charge in [0.05, 0.1) is 9.40 Å². The lowest BCUT2D eigenvalue weighted by Gasteiger charge is -1.96. The predicted octanol–water partition coefficient (Wildman–Crippen LogP) is 5.55. The number of benzene rings is 1. The molecule has 0 aliphatic rings. The maximum absolute atomic E-state index is 2.35. The van der Waals surface area contributed by atoms with Gasteiger partial charge in [-0.1, -0.05) is 26.0 Å². The summed E-state index contributed by atoms with van der Waals surface area (Å²) in [4.78, 5) is 2.90. The van der Waals surface area contributed by atoms with Crippen molar-refractivity contribution >= 4 is 42.8 Å². The van der Waals surface area contributed by atoms with Crippen molar-refractivity contribution in [1.29, 1.82) is 0 Å². The summed E-state index contributed by atoms with van der Waals surface area (Å²) in [6.07, 6.45) is 0. The molecule has 2 aromatic heterocycles. The van der Waals surface area contributed by atoms with Crippen molar-refractivity contribution in [1.82, 2.24) is 0 Å². The second-order valence-electron chi connectivity index (χ2n) is 4.56. The van der Waals surface area contributed by atoms with Crippen LogP contribution in [0.3, 0.4) is 0 Å². The van der Waals surface area contributed by atoms with Crippen molar-refractivity contribution in [2.24, 2.45) is 0 Å². The minimum Gasteiger partial charge on any atom is -0.139 e. The van der Waals surface area contributed by atoms with Gasteiger partial charge >= 0.3 is 0 Å². The number of thiophene rings is 2. The zero-order valence-electron chi connectivity index (χ0n) is 9.70. The van der Waals surface area contributed by atoms with Crippen molar-refractivity contribution < 1.29 is 0 Å². The van der Waals surface area contributed by atoms with Crippen LogP contribution in [0.25, 0.3) is 20.2 Å². The highest BCUT2D eigenvalue weighted by atomic mass is 32.1. The van der Waals surface area contributed by atoms with E-state index in [1.165, 1.54) is 29.9 Å². The summed E-state index contributed by atoms with van der Waals surface area (Å²) in [6, 6.07) is 9.14. The van der Waals surface area contributed by atoms with Crippen molar-refractivity contribution in [2.75, 3.05) is 0 Å². The van der Waals surface area contributed by atoms with E-state index < -0.39 is 0 Å². The lowest BCUT2D eigenvalue weighted by atomic mass is 10.1. The van der Waals surface area contributed by atoms with Gasteiger partial charge in [0.2, 0.25) is 0 Å². The summed E-state index contributed by atoms with van der Waals surface area (Å²) in [5.41, 5.74) is 0. The molecule has 0 amide bonds. The molecule has 0 saturated heterocycles. The van der Waals surface area contributed by atoms with Crippen LogP contribution in [0.2, 0.25) is 0 Å². The van der Waals surface area contributed by atoms with Crippen LogP contribution >= 0.6 is 22.7 Å². The maximum Gasteiger partial charge on any atom is 0.0524 e. The Labute approximate surface area is 104 Å². The largest absolute Gasteiger partial charge is 0.139 e. The molecule has 0 saturated carbocycles. The predicted molar refractivity (Wildman–Crippen MR) is 76.0 cm³/mol. The molecule has 3 aromatic rings. The van der Waals surface area contributed by atoms with Crippen molar-refractivity contribution in [3.63, 3.8) is 0 Å². The van der Waals surface area contributed by atoms with Crippen molar-refractivity contribution in [2.45, 2.75) is 26.7 Å². The molecule has 16 heavy (non-hydrogen) atoms. The maximum atomic E-state index is 2.35. The highest BCUT2D eigenvalue weighted by Gasteiger charge is 2.09. The van der Waals surface area contributed by atoms with Gasteiger partial charge in [0.1, 0.15) is 0 Å². The average Bonchev–Trinajstić information content (AvgIpc) is 2.77. The van der Waals surface area contributed by atoms with Crippen LogP contribution in [0.4, 0.5) is 0 Å². The zero-order chi connectivity index (χ0) is 11.3. The minimum absolute atomic E-state index is 0.633. The summed E-state index contributed by atoms with van der Waals surface area (Å²) >= 11 is 3.88. The molecule has 1 aromatic carbocycles. The monoisotopic (exact) mass is 246 g/mol. The van der Waals surface area contributed by atoms with E-state index in [0.29, 0.717) is 5.92 Å². The lowest BCUT2D eigenvalue weighted by molar-refractivity contribution is 0.890. The smallest absolute Gasteiger partial charge is 0.0524 e. The number of aryl methyl sites for hydroxylation is 1. The van der Waals surface area contributed by atoms with E-state index in [-0.39, 0.29) is 0 Å². The van der Waals surface area contributed by atoms with E-state index in [0.717, 1.165) is 0 Å². The van der Waals surface area contributed by atoms with Crippen molar-refractivity contribution in [3.05, 3.63) is 34.0 Å². The van der Waals surface area contributed by atoms with Crippen LogP contribution in [-0.4, -0.2) is 0 Å². The Morgan fingerprint density at radius 2 is 1.56 bits per heavy atom. The van der Waals surface area contributed by atoms with Gasteiger partial charge in [0.15, 0.2) is 0 Å².